The first-order valence-corrected chi connectivity index (χ1v) is 2.92. The third kappa shape index (κ3) is 0.452. The van der Waals surface area contributed by atoms with Gasteiger partial charge in [-0.25, -0.2) is 0 Å². The van der Waals surface area contributed by atoms with E-state index in [1.54, 1.807) is 22.7 Å². The molecule has 4 nitrogen and oxygen atoms in total. The van der Waals surface area contributed by atoms with Gasteiger partial charge in [-0.3, -0.25) is 4.40 Å². The number of nitrogens with two attached hydrogens (primary N) is 1. The van der Waals surface area contributed by atoms with Crippen molar-refractivity contribution in [1.29, 1.82) is 0 Å². The Balaban J connectivity index is 2.95. The highest BCUT2D eigenvalue weighted by Gasteiger charge is 1.99. The smallest absolute Gasteiger partial charge is 0.154 e. The Morgan fingerprint density at radius 3 is 2.80 bits per heavy atom. The Morgan fingerprint density at radius 2 is 2.10 bits per heavy atom. The number of imidazole rings is 1. The molecule has 0 amide bonds. The van der Waals surface area contributed by atoms with E-state index < -0.39 is 0 Å². The second kappa shape index (κ2) is 1.47. The van der Waals surface area contributed by atoms with Crippen LogP contribution in [-0.4, -0.2) is 14.3 Å². The minimum atomic E-state index is 0.628. The number of aromatic nitrogens is 2. The van der Waals surface area contributed by atoms with E-state index in [-0.39, 0.29) is 0 Å². The average molecular weight is 137 g/mol. The molecular formula is C6H7N3O. The first kappa shape index (κ1) is 5.22. The highest BCUT2D eigenvalue weighted by atomic mass is 16.5. The fraction of sp³-hybridized carbons (Fsp3) is 0. The van der Waals surface area contributed by atoms with E-state index in [0.29, 0.717) is 11.5 Å². The lowest BCUT2D eigenvalue weighted by atomic mass is 10.6. The van der Waals surface area contributed by atoms with Crippen molar-refractivity contribution in [2.24, 2.45) is 0 Å². The van der Waals surface area contributed by atoms with E-state index >= 15 is 0 Å². The van der Waals surface area contributed by atoms with Crippen molar-refractivity contribution in [3.05, 3.63) is 24.5 Å². The Kier molecular flexibility index (Phi) is 0.768. The van der Waals surface area contributed by atoms with E-state index in [2.05, 4.69) is 0 Å². The molecule has 2 aromatic rings. The van der Waals surface area contributed by atoms with Crippen LogP contribution in [0.2, 0.25) is 0 Å². The molecule has 0 radical (unpaired) electrons. The number of fused-ring (bicyclic) bond motifs is 1. The molecule has 0 fully saturated rings. The van der Waals surface area contributed by atoms with Crippen molar-refractivity contribution < 1.29 is 5.21 Å². The summed E-state index contributed by atoms with van der Waals surface area (Å²) < 4.78 is 2.72. The lowest BCUT2D eigenvalue weighted by molar-refractivity contribution is 0.199. The van der Waals surface area contributed by atoms with Crippen LogP contribution in [0.25, 0.3) is 5.65 Å². The summed E-state index contributed by atoms with van der Waals surface area (Å²) in [6.07, 6.45) is 3.23. The summed E-state index contributed by atoms with van der Waals surface area (Å²) in [5.74, 6) is 0.628. The normalized spacial score (nSPS) is 10.8. The van der Waals surface area contributed by atoms with Crippen molar-refractivity contribution in [2.75, 3.05) is 5.73 Å². The van der Waals surface area contributed by atoms with Crippen LogP contribution >= 0.6 is 0 Å². The topological polar surface area (TPSA) is 55.6 Å². The summed E-state index contributed by atoms with van der Waals surface area (Å²) in [6.45, 7) is 0. The first-order chi connectivity index (χ1) is 4.79. The van der Waals surface area contributed by atoms with Crippen LogP contribution in [0.15, 0.2) is 24.5 Å². The van der Waals surface area contributed by atoms with Crippen molar-refractivity contribution in [3.63, 3.8) is 0 Å². The molecule has 2 heterocycles. The quantitative estimate of drug-likeness (QED) is 0.521. The van der Waals surface area contributed by atoms with Gasteiger partial charge >= 0.3 is 0 Å². The van der Waals surface area contributed by atoms with Gasteiger partial charge in [0.15, 0.2) is 5.65 Å². The largest absolute Gasteiger partial charge is 0.427 e. The maximum absolute atomic E-state index is 9.06. The maximum atomic E-state index is 9.06. The molecule has 0 bridgehead atoms. The van der Waals surface area contributed by atoms with Gasteiger partial charge in [-0.15, -0.1) is 0 Å². The van der Waals surface area contributed by atoms with E-state index in [0.717, 1.165) is 4.73 Å². The standard InChI is InChI=1S/C6H7N3O/c7-5-1-2-6-8(5)3-4-9(6)10/h1-4,10H,7H2. The average Bonchev–Trinajstić information content (AvgIpc) is 2.41. The van der Waals surface area contributed by atoms with Crippen molar-refractivity contribution in [2.45, 2.75) is 0 Å². The number of nitrogen functional groups attached to an aromatic ring is 1. The predicted molar refractivity (Wildman–Crippen MR) is 37.0 cm³/mol. The Labute approximate surface area is 57.1 Å². The molecule has 0 saturated heterocycles. The van der Waals surface area contributed by atoms with E-state index in [1.165, 1.54) is 6.20 Å². The zero-order valence-electron chi connectivity index (χ0n) is 5.23. The van der Waals surface area contributed by atoms with Gasteiger partial charge in [0.2, 0.25) is 0 Å². The molecule has 0 saturated carbocycles. The molecule has 0 atom stereocenters. The molecule has 2 aromatic heterocycles. The van der Waals surface area contributed by atoms with E-state index in [9.17, 15) is 0 Å². The third-order valence-corrected chi connectivity index (χ3v) is 1.52. The van der Waals surface area contributed by atoms with Crippen molar-refractivity contribution >= 4 is 11.5 Å². The van der Waals surface area contributed by atoms with Crippen LogP contribution in [0, 0.1) is 0 Å². The summed E-state index contributed by atoms with van der Waals surface area (Å²) >= 11 is 0. The fourth-order valence-corrected chi connectivity index (χ4v) is 1.01. The number of hydrogen-bond donors (Lipinski definition) is 2. The van der Waals surface area contributed by atoms with Crippen LogP contribution in [0.5, 0.6) is 0 Å². The number of hydrogen-bond acceptors (Lipinski definition) is 2. The summed E-state index contributed by atoms with van der Waals surface area (Å²) in [6, 6.07) is 3.48. The molecule has 0 aliphatic heterocycles. The summed E-state index contributed by atoms with van der Waals surface area (Å²) in [5, 5.41) is 9.06. The van der Waals surface area contributed by atoms with Gasteiger partial charge in [0.1, 0.15) is 5.82 Å². The Morgan fingerprint density at radius 1 is 1.30 bits per heavy atom. The molecule has 4 heteroatoms. The molecule has 0 aromatic carbocycles. The van der Waals surface area contributed by atoms with Crippen LogP contribution in [0.3, 0.4) is 0 Å². The van der Waals surface area contributed by atoms with Gasteiger partial charge in [0.25, 0.3) is 0 Å². The number of rotatable bonds is 0. The van der Waals surface area contributed by atoms with Gasteiger partial charge in [-0.1, -0.05) is 0 Å². The second-order valence-electron chi connectivity index (χ2n) is 2.13. The first-order valence-electron chi connectivity index (χ1n) is 2.92. The molecule has 0 spiro atoms. The van der Waals surface area contributed by atoms with Gasteiger partial charge in [0.05, 0.1) is 6.20 Å². The third-order valence-electron chi connectivity index (χ3n) is 1.52. The number of nitrogens with zero attached hydrogens (tertiary/aromatic N) is 2. The zero-order chi connectivity index (χ0) is 7.14. The second-order valence-corrected chi connectivity index (χ2v) is 2.13. The number of anilines is 1. The lowest BCUT2D eigenvalue weighted by Gasteiger charge is -1.88. The zero-order valence-corrected chi connectivity index (χ0v) is 5.23. The van der Waals surface area contributed by atoms with Crippen LogP contribution < -0.4 is 5.73 Å². The van der Waals surface area contributed by atoms with Gasteiger partial charge in [-0.2, -0.15) is 4.73 Å². The van der Waals surface area contributed by atoms with Crippen LogP contribution in [-0.2, 0) is 0 Å². The lowest BCUT2D eigenvalue weighted by Crippen LogP contribution is -1.89. The summed E-state index contributed by atoms with van der Waals surface area (Å²) in [5.41, 5.74) is 6.21. The summed E-state index contributed by atoms with van der Waals surface area (Å²) in [7, 11) is 0. The minimum Gasteiger partial charge on any atom is -0.427 e. The summed E-state index contributed by atoms with van der Waals surface area (Å²) in [4.78, 5) is 0. The highest BCUT2D eigenvalue weighted by Crippen LogP contribution is 2.10. The molecule has 3 N–H and O–H groups in total. The maximum Gasteiger partial charge on any atom is 0.154 e. The van der Waals surface area contributed by atoms with Crippen LogP contribution in [0.1, 0.15) is 0 Å². The SMILES string of the molecule is Nc1ccc2n(O)ccn12. The molecular weight excluding hydrogens is 130 g/mol. The van der Waals surface area contributed by atoms with Gasteiger partial charge in [0, 0.05) is 6.20 Å². The van der Waals surface area contributed by atoms with Crippen molar-refractivity contribution in [1.82, 2.24) is 9.13 Å². The van der Waals surface area contributed by atoms with Crippen LogP contribution in [0.4, 0.5) is 5.82 Å². The molecule has 0 aliphatic carbocycles. The minimum absolute atomic E-state index is 0.628. The predicted octanol–water partition coefficient (Wildman–Crippen LogP) is 0.560. The van der Waals surface area contributed by atoms with Gasteiger partial charge in [-0.05, 0) is 12.1 Å². The van der Waals surface area contributed by atoms with E-state index in [1.807, 2.05) is 0 Å². The van der Waals surface area contributed by atoms with Gasteiger partial charge < -0.3 is 10.9 Å². The molecule has 2 rings (SSSR count). The molecule has 10 heavy (non-hydrogen) atoms. The molecule has 52 valence electrons. The highest BCUT2D eigenvalue weighted by molar-refractivity contribution is 5.51. The Hall–Kier alpha value is -1.58. The fourth-order valence-electron chi connectivity index (χ4n) is 1.01. The monoisotopic (exact) mass is 137 g/mol. The van der Waals surface area contributed by atoms with Crippen molar-refractivity contribution in [3.8, 4) is 0 Å². The Bertz CT molecular complexity index is 324. The van der Waals surface area contributed by atoms with E-state index in [4.69, 9.17) is 10.9 Å². The molecule has 0 aliphatic rings. The molecule has 0 unspecified atom stereocenters.